The molecule has 2 aromatic rings. The smallest absolute Gasteiger partial charge is 0.354 e. The molecule has 0 atom stereocenters. The molecule has 2 aliphatic carbocycles. The van der Waals surface area contributed by atoms with Gasteiger partial charge in [-0.2, -0.15) is 0 Å². The molecule has 0 bridgehead atoms. The predicted molar refractivity (Wildman–Crippen MR) is 151 cm³/mol. The van der Waals surface area contributed by atoms with E-state index in [0.29, 0.717) is 65.4 Å². The van der Waals surface area contributed by atoms with E-state index in [-0.39, 0.29) is 28.1 Å². The van der Waals surface area contributed by atoms with E-state index in [1.165, 1.54) is 0 Å². The molecular formula is C33H37NO6. The molecule has 0 radical (unpaired) electrons. The number of rotatable bonds is 4. The lowest BCUT2D eigenvalue weighted by Crippen LogP contribution is -2.38. The molecule has 0 spiro atoms. The van der Waals surface area contributed by atoms with Crippen molar-refractivity contribution in [3.63, 3.8) is 0 Å². The molecule has 1 N–H and O–H groups in total. The molecule has 7 heteroatoms. The minimum atomic E-state index is -1.09. The second kappa shape index (κ2) is 9.43. The number of aromatic nitrogens is 1. The third-order valence-corrected chi connectivity index (χ3v) is 8.58. The molecule has 3 aliphatic rings. The summed E-state index contributed by atoms with van der Waals surface area (Å²) in [4.78, 5) is 44.1. The first-order valence-electron chi connectivity index (χ1n) is 13.7. The van der Waals surface area contributed by atoms with Crippen LogP contribution in [0.4, 0.5) is 0 Å². The lowest BCUT2D eigenvalue weighted by Gasteiger charge is -2.43. The van der Waals surface area contributed by atoms with Gasteiger partial charge in [0, 0.05) is 48.0 Å². The van der Waals surface area contributed by atoms with Gasteiger partial charge in [-0.3, -0.25) is 9.59 Å². The summed E-state index contributed by atoms with van der Waals surface area (Å²) in [5, 5.41) is 9.79. The van der Waals surface area contributed by atoms with Gasteiger partial charge in [0.1, 0.15) is 17.3 Å². The van der Waals surface area contributed by atoms with Gasteiger partial charge in [0.05, 0.1) is 18.7 Å². The van der Waals surface area contributed by atoms with Crippen LogP contribution in [0.15, 0.2) is 40.9 Å². The number of carboxylic acid groups (broad SMARTS) is 1. The zero-order valence-corrected chi connectivity index (χ0v) is 24.6. The van der Waals surface area contributed by atoms with E-state index < -0.39 is 11.9 Å². The number of hydrogen-bond donors (Lipinski definition) is 1. The monoisotopic (exact) mass is 543 g/mol. The second-order valence-electron chi connectivity index (χ2n) is 13.0. The summed E-state index contributed by atoms with van der Waals surface area (Å²) in [6.45, 7) is 13.8. The molecule has 1 aromatic carbocycles. The number of nitrogens with zero attached hydrogens (tertiary/aromatic N) is 1. The third-order valence-electron chi connectivity index (χ3n) is 8.58. The van der Waals surface area contributed by atoms with Crippen LogP contribution >= 0.6 is 0 Å². The molecule has 210 valence electrons. The van der Waals surface area contributed by atoms with Gasteiger partial charge in [-0.15, -0.1) is 0 Å². The molecule has 7 nitrogen and oxygen atoms in total. The molecule has 0 unspecified atom stereocenters. The van der Waals surface area contributed by atoms with Crippen LogP contribution < -0.4 is 4.74 Å². The van der Waals surface area contributed by atoms with Crippen molar-refractivity contribution in [1.29, 1.82) is 0 Å². The normalized spacial score (nSPS) is 20.2. The first kappa shape index (κ1) is 27.8. The maximum atomic E-state index is 13.8. The van der Waals surface area contributed by atoms with E-state index in [1.807, 2.05) is 32.0 Å². The minimum Gasteiger partial charge on any atom is -0.496 e. The molecule has 0 saturated heterocycles. The quantitative estimate of drug-likeness (QED) is 0.453. The largest absolute Gasteiger partial charge is 0.496 e. The molecule has 1 aromatic heterocycles. The molecule has 5 rings (SSSR count). The van der Waals surface area contributed by atoms with Gasteiger partial charge < -0.3 is 14.6 Å². The van der Waals surface area contributed by atoms with Crippen LogP contribution in [0.2, 0.25) is 0 Å². The van der Waals surface area contributed by atoms with Gasteiger partial charge in [-0.25, -0.2) is 9.78 Å². The van der Waals surface area contributed by atoms with Crippen LogP contribution in [0.25, 0.3) is 11.3 Å². The number of aromatic carboxylic acids is 1. The van der Waals surface area contributed by atoms with Crippen molar-refractivity contribution in [2.75, 3.05) is 7.11 Å². The van der Waals surface area contributed by atoms with Crippen LogP contribution in [0, 0.1) is 31.6 Å². The van der Waals surface area contributed by atoms with Crippen molar-refractivity contribution >= 4 is 17.5 Å². The summed E-state index contributed by atoms with van der Waals surface area (Å²) < 4.78 is 12.3. The summed E-state index contributed by atoms with van der Waals surface area (Å²) >= 11 is 0. The van der Waals surface area contributed by atoms with Crippen LogP contribution in [0.3, 0.4) is 0 Å². The highest BCUT2D eigenvalue weighted by atomic mass is 16.5. The standard InChI is InChI=1S/C33H37NO6/c1-16-11-20(34-30(17(16)2)31(37)38)19-9-10-23(39-8)26(18(19)3)29-27-21(35)12-32(4,5)14-24(27)40-25-15-33(6,7)13-22(36)28(25)29/h9-11,29H,12-15H2,1-8H3,(H,37,38). The van der Waals surface area contributed by atoms with Crippen molar-refractivity contribution in [3.8, 4) is 17.0 Å². The van der Waals surface area contributed by atoms with Crippen LogP contribution in [0.5, 0.6) is 5.75 Å². The second-order valence-corrected chi connectivity index (χ2v) is 13.0. The fourth-order valence-electron chi connectivity index (χ4n) is 6.56. The number of carbonyl (C=O) groups excluding carboxylic acids is 2. The fraction of sp³-hybridized carbons (Fsp3) is 0.455. The molecule has 0 fully saturated rings. The zero-order chi connectivity index (χ0) is 29.3. The SMILES string of the molecule is COc1ccc(-c2cc(C)c(C)c(C(=O)O)n2)c(C)c1C1C2=C(CC(C)(C)CC2=O)OC2=C1C(=O)CC(C)(C)C2. The number of Topliss-reactive ketones (excluding diaryl/α,β-unsaturated/α-hetero) is 2. The first-order chi connectivity index (χ1) is 18.6. The van der Waals surface area contributed by atoms with Gasteiger partial charge in [0.25, 0.3) is 0 Å². The number of methoxy groups -OCH3 is 1. The molecule has 1 aliphatic heterocycles. The van der Waals surface area contributed by atoms with E-state index in [2.05, 4.69) is 32.7 Å². The Hall–Kier alpha value is -3.74. The lowest BCUT2D eigenvalue weighted by atomic mass is 9.65. The maximum absolute atomic E-state index is 13.8. The van der Waals surface area contributed by atoms with E-state index in [1.54, 1.807) is 14.0 Å². The number of benzene rings is 1. The average molecular weight is 544 g/mol. The van der Waals surface area contributed by atoms with Gasteiger partial charge in [0.15, 0.2) is 17.3 Å². The Labute approximate surface area is 235 Å². The minimum absolute atomic E-state index is 0.00204. The van der Waals surface area contributed by atoms with Crippen molar-refractivity contribution < 1.29 is 29.0 Å². The number of allylic oxidation sites excluding steroid dienone is 4. The number of carboxylic acids is 1. The average Bonchev–Trinajstić information content (AvgIpc) is 2.82. The van der Waals surface area contributed by atoms with Crippen molar-refractivity contribution in [3.05, 3.63) is 68.8 Å². The number of ether oxygens (including phenoxy) is 2. The molecule has 40 heavy (non-hydrogen) atoms. The Morgan fingerprint density at radius 1 is 0.925 bits per heavy atom. The van der Waals surface area contributed by atoms with E-state index in [0.717, 1.165) is 22.3 Å². The number of carbonyl (C=O) groups is 3. The van der Waals surface area contributed by atoms with E-state index in [4.69, 9.17) is 9.47 Å². The Morgan fingerprint density at radius 3 is 1.98 bits per heavy atom. The van der Waals surface area contributed by atoms with Crippen LogP contribution in [-0.2, 0) is 14.3 Å². The Morgan fingerprint density at radius 2 is 1.48 bits per heavy atom. The molecule has 0 amide bonds. The fourth-order valence-corrected chi connectivity index (χ4v) is 6.56. The van der Waals surface area contributed by atoms with Crippen LogP contribution in [-0.4, -0.2) is 34.7 Å². The Kier molecular flexibility index (Phi) is 6.55. The molecule has 2 heterocycles. The maximum Gasteiger partial charge on any atom is 0.354 e. The summed E-state index contributed by atoms with van der Waals surface area (Å²) in [6, 6.07) is 5.56. The molecular weight excluding hydrogens is 506 g/mol. The summed E-state index contributed by atoms with van der Waals surface area (Å²) in [5.74, 6) is 0.0682. The highest BCUT2D eigenvalue weighted by molar-refractivity contribution is 6.06. The zero-order valence-electron chi connectivity index (χ0n) is 24.6. The summed E-state index contributed by atoms with van der Waals surface area (Å²) in [7, 11) is 1.58. The molecule has 0 saturated carbocycles. The van der Waals surface area contributed by atoms with Crippen molar-refractivity contribution in [2.24, 2.45) is 10.8 Å². The van der Waals surface area contributed by atoms with Gasteiger partial charge in [-0.05, 0) is 66.5 Å². The summed E-state index contributed by atoms with van der Waals surface area (Å²) in [5.41, 5.74) is 4.73. The number of ketones is 2. The summed E-state index contributed by atoms with van der Waals surface area (Å²) in [6.07, 6.45) is 1.90. The number of aryl methyl sites for hydroxylation is 1. The third kappa shape index (κ3) is 4.55. The highest BCUT2D eigenvalue weighted by Crippen LogP contribution is 2.55. The predicted octanol–water partition coefficient (Wildman–Crippen LogP) is 6.78. The lowest BCUT2D eigenvalue weighted by molar-refractivity contribution is -0.120. The number of hydrogen-bond acceptors (Lipinski definition) is 6. The van der Waals surface area contributed by atoms with Crippen LogP contribution in [0.1, 0.15) is 92.0 Å². The number of pyridine rings is 1. The topological polar surface area (TPSA) is 103 Å². The van der Waals surface area contributed by atoms with Gasteiger partial charge >= 0.3 is 5.97 Å². The van der Waals surface area contributed by atoms with Gasteiger partial charge in [0.2, 0.25) is 0 Å². The Balaban J connectivity index is 1.80. The van der Waals surface area contributed by atoms with Crippen molar-refractivity contribution in [2.45, 2.75) is 80.1 Å². The Bertz CT molecular complexity index is 1500. The van der Waals surface area contributed by atoms with E-state index >= 15 is 0 Å². The van der Waals surface area contributed by atoms with Crippen molar-refractivity contribution in [1.82, 2.24) is 4.98 Å². The van der Waals surface area contributed by atoms with E-state index in [9.17, 15) is 19.5 Å². The highest BCUT2D eigenvalue weighted by Gasteiger charge is 2.49. The van der Waals surface area contributed by atoms with Gasteiger partial charge in [-0.1, -0.05) is 27.7 Å². The first-order valence-corrected chi connectivity index (χ1v) is 13.7.